The minimum absolute atomic E-state index is 0.315. The van der Waals surface area contributed by atoms with Gasteiger partial charge in [0.1, 0.15) is 11.6 Å². The molecule has 66 heavy (non-hydrogen) atoms. The van der Waals surface area contributed by atoms with E-state index in [1.165, 1.54) is 6.20 Å². The van der Waals surface area contributed by atoms with Crippen molar-refractivity contribution in [3.63, 3.8) is 0 Å². The summed E-state index contributed by atoms with van der Waals surface area (Å²) < 4.78 is 23.1. The zero-order chi connectivity index (χ0) is 45.3. The van der Waals surface area contributed by atoms with Gasteiger partial charge in [0.2, 0.25) is 10.0 Å². The van der Waals surface area contributed by atoms with Crippen LogP contribution in [0.5, 0.6) is 0 Å². The molecule has 0 aliphatic carbocycles. The summed E-state index contributed by atoms with van der Waals surface area (Å²) in [6.07, 6.45) is 9.95. The number of nitrogens with zero attached hydrogens (tertiary/aromatic N) is 8. The van der Waals surface area contributed by atoms with Gasteiger partial charge in [-0.3, -0.25) is 19.9 Å². The fraction of sp³-hybridized carbons (Fsp3) is 0.0588. The minimum Gasteiger partial charge on any atom is -0.397 e. The normalized spacial score (nSPS) is 11.2. The molecule has 6 aromatic heterocycles. The lowest BCUT2D eigenvalue weighted by Crippen LogP contribution is -2.14. The highest BCUT2D eigenvalue weighted by Crippen LogP contribution is 2.36. The Bertz CT molecular complexity index is 3390. The van der Waals surface area contributed by atoms with Crippen LogP contribution in [0.25, 0.3) is 66.8 Å². The maximum Gasteiger partial charge on any atom is 0.213 e. The fourth-order valence-electron chi connectivity index (χ4n) is 7.45. The van der Waals surface area contributed by atoms with Crippen molar-refractivity contribution in [3.8, 4) is 45.0 Å². The fourth-order valence-corrected chi connectivity index (χ4v) is 8.07. The Balaban J connectivity index is 0.000000167. The number of benzene rings is 4. The van der Waals surface area contributed by atoms with Gasteiger partial charge >= 0.3 is 0 Å². The van der Waals surface area contributed by atoms with Crippen molar-refractivity contribution >= 4 is 49.2 Å². The summed E-state index contributed by atoms with van der Waals surface area (Å²) in [6, 6.07) is 47.5. The topological polar surface area (TPSA) is 213 Å². The van der Waals surface area contributed by atoms with E-state index in [-0.39, 0.29) is 5.75 Å². The Morgan fingerprint density at radius 3 is 1.44 bits per heavy atom. The van der Waals surface area contributed by atoms with E-state index < -0.39 is 10.0 Å². The number of hydrogen-bond donors (Lipinski definition) is 4. The molecule has 0 aliphatic rings. The zero-order valence-corrected chi connectivity index (χ0v) is 36.2. The molecule has 6 N–H and O–H groups in total. The molecule has 324 valence electrons. The van der Waals surface area contributed by atoms with Gasteiger partial charge < -0.3 is 16.4 Å². The van der Waals surface area contributed by atoms with Crippen LogP contribution in [-0.4, -0.2) is 48.3 Å². The first-order chi connectivity index (χ1) is 32.2. The number of aromatic nitrogens is 8. The van der Waals surface area contributed by atoms with E-state index in [4.69, 9.17) is 30.8 Å². The molecule has 0 saturated carbocycles. The molecule has 0 radical (unpaired) electrons. The number of pyridine rings is 4. The molecule has 0 bridgehead atoms. The highest BCUT2D eigenvalue weighted by Gasteiger charge is 2.17. The van der Waals surface area contributed by atoms with E-state index in [1.54, 1.807) is 37.1 Å². The molecule has 0 unspecified atom stereocenters. The van der Waals surface area contributed by atoms with Gasteiger partial charge in [-0.25, -0.2) is 33.5 Å². The van der Waals surface area contributed by atoms with Crippen LogP contribution in [0, 0.1) is 0 Å². The van der Waals surface area contributed by atoms with Gasteiger partial charge in [0.15, 0.2) is 11.6 Å². The van der Waals surface area contributed by atoms with Gasteiger partial charge in [-0.05, 0) is 76.3 Å². The Morgan fingerprint density at radius 1 is 0.485 bits per heavy atom. The van der Waals surface area contributed by atoms with Gasteiger partial charge in [0, 0.05) is 48.3 Å². The van der Waals surface area contributed by atoms with Gasteiger partial charge in [-0.1, -0.05) is 97.1 Å². The molecule has 0 atom stereocenters. The van der Waals surface area contributed by atoms with E-state index in [1.807, 2.05) is 121 Å². The summed E-state index contributed by atoms with van der Waals surface area (Å²) in [7, 11) is -3.69. The molecule has 0 amide bonds. The molecule has 4 aromatic carbocycles. The molecular formula is C51H42N12O2S. The summed E-state index contributed by atoms with van der Waals surface area (Å²) in [5, 5.41) is 14.0. The lowest BCUT2D eigenvalue weighted by molar-refractivity contribution is 0.597. The van der Waals surface area contributed by atoms with E-state index >= 15 is 0 Å². The number of fused-ring (bicyclic) bond motifs is 2. The molecule has 10 aromatic rings. The number of rotatable bonds is 12. The van der Waals surface area contributed by atoms with Gasteiger partial charge in [-0.15, -0.1) is 0 Å². The van der Waals surface area contributed by atoms with Crippen molar-refractivity contribution in [1.82, 2.24) is 39.9 Å². The monoisotopic (exact) mass is 886 g/mol. The molecule has 10 rings (SSSR count). The second-order valence-corrected chi connectivity index (χ2v) is 16.8. The number of nitrogen functional groups attached to an aromatic ring is 1. The van der Waals surface area contributed by atoms with Crippen LogP contribution in [0.15, 0.2) is 183 Å². The lowest BCUT2D eigenvalue weighted by atomic mass is 10.0. The molecule has 15 heteroatoms. The summed E-state index contributed by atoms with van der Waals surface area (Å²) >= 11 is 0. The highest BCUT2D eigenvalue weighted by atomic mass is 32.2. The standard InChI is InChI=1S/C26H22N6O2S.C25H20N6/c27-35(33,34)17-18-13-20(15-28-14-18)25-31-23-11-6-10-22(19-7-2-1-3-8-19)24(23)26(32-25)30-16-21-9-4-5-12-29-21;26-19-13-18(14-27-15-19)24-30-22-11-6-10-21(17-7-2-1-3-8-17)23(22)25(31-24)29-16-20-9-4-5-12-28-20/h1-15H,16-17H2,(H2,27,33,34)(H,30,31,32);1-15H,16,26H2,(H,29,30,31). The number of nitrogens with two attached hydrogens (primary N) is 2. The first-order valence-electron chi connectivity index (χ1n) is 20.9. The Labute approximate surface area is 381 Å². The maximum atomic E-state index is 11.6. The van der Waals surface area contributed by atoms with Crippen molar-refractivity contribution in [1.29, 1.82) is 0 Å². The first kappa shape index (κ1) is 42.8. The van der Waals surface area contributed by atoms with Crippen LogP contribution in [0.2, 0.25) is 0 Å². The number of anilines is 3. The largest absolute Gasteiger partial charge is 0.397 e. The van der Waals surface area contributed by atoms with Gasteiger partial charge in [0.25, 0.3) is 0 Å². The van der Waals surface area contributed by atoms with E-state index in [0.29, 0.717) is 47.4 Å². The third kappa shape index (κ3) is 10.3. The van der Waals surface area contributed by atoms with Crippen molar-refractivity contribution in [2.75, 3.05) is 16.4 Å². The van der Waals surface area contributed by atoms with Crippen LogP contribution in [-0.2, 0) is 28.9 Å². The molecule has 0 spiro atoms. The summed E-state index contributed by atoms with van der Waals surface area (Å²) in [5.74, 6) is 2.07. The van der Waals surface area contributed by atoms with Gasteiger partial charge in [0.05, 0.1) is 57.7 Å². The van der Waals surface area contributed by atoms with Crippen molar-refractivity contribution in [2.24, 2.45) is 5.14 Å². The van der Waals surface area contributed by atoms with Gasteiger partial charge in [-0.2, -0.15) is 0 Å². The number of primary sulfonamides is 1. The molecule has 0 saturated heterocycles. The third-order valence-electron chi connectivity index (χ3n) is 10.4. The smallest absolute Gasteiger partial charge is 0.213 e. The predicted octanol–water partition coefficient (Wildman–Crippen LogP) is 9.10. The second kappa shape index (κ2) is 19.5. The Hall–Kier alpha value is -8.53. The van der Waals surface area contributed by atoms with Crippen LogP contribution >= 0.6 is 0 Å². The number of nitrogens with one attached hydrogen (secondary N) is 2. The van der Waals surface area contributed by atoms with Crippen LogP contribution in [0.4, 0.5) is 17.3 Å². The number of hydrogen-bond acceptors (Lipinski definition) is 13. The number of sulfonamides is 1. The Kier molecular flexibility index (Phi) is 12.6. The van der Waals surface area contributed by atoms with Crippen LogP contribution < -0.4 is 21.5 Å². The molecule has 0 aliphatic heterocycles. The SMILES string of the molecule is NS(=O)(=O)Cc1cncc(-c2nc(NCc3ccccn3)c3c(-c4ccccc4)cccc3n2)c1.Nc1cncc(-c2nc(NCc3ccccn3)c3c(-c4ccccc4)cccc3n2)c1. The third-order valence-corrected chi connectivity index (χ3v) is 11.1. The van der Waals surface area contributed by atoms with E-state index in [0.717, 1.165) is 66.8 Å². The Morgan fingerprint density at radius 2 is 0.970 bits per heavy atom. The molecular weight excluding hydrogens is 845 g/mol. The quantitative estimate of drug-likeness (QED) is 0.0902. The van der Waals surface area contributed by atoms with E-state index in [9.17, 15) is 8.42 Å². The average molecular weight is 887 g/mol. The molecule has 14 nitrogen and oxygen atoms in total. The van der Waals surface area contributed by atoms with Crippen LogP contribution in [0.1, 0.15) is 17.0 Å². The summed E-state index contributed by atoms with van der Waals surface area (Å²) in [4.78, 5) is 36.5. The highest BCUT2D eigenvalue weighted by molar-refractivity contribution is 7.88. The second-order valence-electron chi connectivity index (χ2n) is 15.2. The average Bonchev–Trinajstić information content (AvgIpc) is 3.35. The predicted molar refractivity (Wildman–Crippen MR) is 261 cm³/mol. The first-order valence-corrected chi connectivity index (χ1v) is 22.6. The van der Waals surface area contributed by atoms with Crippen molar-refractivity contribution in [3.05, 3.63) is 200 Å². The molecule has 0 fully saturated rings. The molecule has 6 heterocycles. The van der Waals surface area contributed by atoms with Crippen LogP contribution in [0.3, 0.4) is 0 Å². The van der Waals surface area contributed by atoms with Crippen molar-refractivity contribution in [2.45, 2.75) is 18.8 Å². The lowest BCUT2D eigenvalue weighted by Gasteiger charge is -2.14. The maximum absolute atomic E-state index is 11.6. The van der Waals surface area contributed by atoms with Crippen molar-refractivity contribution < 1.29 is 8.42 Å². The minimum atomic E-state index is -3.69. The summed E-state index contributed by atoms with van der Waals surface area (Å²) in [6.45, 7) is 1.02. The zero-order valence-electron chi connectivity index (χ0n) is 35.4. The summed E-state index contributed by atoms with van der Waals surface area (Å²) in [5.41, 5.74) is 16.0. The van der Waals surface area contributed by atoms with E-state index in [2.05, 4.69) is 48.8 Å².